The van der Waals surface area contributed by atoms with Gasteiger partial charge in [0.05, 0.1) is 0 Å². The molecule has 29 heavy (non-hydrogen) atoms. The second-order valence-corrected chi connectivity index (χ2v) is 7.96. The van der Waals surface area contributed by atoms with Crippen molar-refractivity contribution in [2.24, 2.45) is 0 Å². The number of hydrogen-bond donors (Lipinski definition) is 3. The molecule has 148 valence electrons. The number of benzene rings is 2. The van der Waals surface area contributed by atoms with Gasteiger partial charge in [0.15, 0.2) is 0 Å². The van der Waals surface area contributed by atoms with Crippen molar-refractivity contribution >= 4 is 45.7 Å². The van der Waals surface area contributed by atoms with E-state index in [0.29, 0.717) is 17.1 Å². The van der Waals surface area contributed by atoms with Gasteiger partial charge in [-0.05, 0) is 47.9 Å². The summed E-state index contributed by atoms with van der Waals surface area (Å²) in [5, 5.41) is 17.2. The van der Waals surface area contributed by atoms with Crippen molar-refractivity contribution < 1.29 is 4.79 Å². The van der Waals surface area contributed by atoms with Crippen LogP contribution >= 0.6 is 23.7 Å². The van der Waals surface area contributed by atoms with Crippen LogP contribution < -0.4 is 10.6 Å². The smallest absolute Gasteiger partial charge is 0.257 e. The fourth-order valence-electron chi connectivity index (χ4n) is 3.60. The van der Waals surface area contributed by atoms with E-state index in [-0.39, 0.29) is 18.3 Å². The SMILES string of the molecule is Cl.O=C(Nc1nnc(Cc2c[nH]c3ccccc23)s1)c1ccc2c(c1)CCNC2. The van der Waals surface area contributed by atoms with Gasteiger partial charge in [0.1, 0.15) is 5.01 Å². The molecule has 1 amide bonds. The molecule has 3 heterocycles. The predicted molar refractivity (Wildman–Crippen MR) is 118 cm³/mol. The van der Waals surface area contributed by atoms with Crippen LogP contribution in [0.25, 0.3) is 10.9 Å². The number of nitrogens with zero attached hydrogens (tertiary/aromatic N) is 2. The van der Waals surface area contributed by atoms with Crippen molar-refractivity contribution in [1.82, 2.24) is 20.5 Å². The minimum absolute atomic E-state index is 0. The molecule has 0 saturated heterocycles. The van der Waals surface area contributed by atoms with Crippen LogP contribution in [0.2, 0.25) is 0 Å². The minimum Gasteiger partial charge on any atom is -0.361 e. The van der Waals surface area contributed by atoms with Crippen LogP contribution in [-0.2, 0) is 19.4 Å². The topological polar surface area (TPSA) is 82.7 Å². The van der Waals surface area contributed by atoms with Crippen LogP contribution in [0.4, 0.5) is 5.13 Å². The monoisotopic (exact) mass is 425 g/mol. The average molecular weight is 426 g/mol. The first-order chi connectivity index (χ1) is 13.8. The maximum absolute atomic E-state index is 12.6. The highest BCUT2D eigenvalue weighted by atomic mass is 35.5. The third-order valence-corrected chi connectivity index (χ3v) is 5.90. The van der Waals surface area contributed by atoms with Crippen LogP contribution in [-0.4, -0.2) is 27.6 Å². The first-order valence-corrected chi connectivity index (χ1v) is 10.1. The van der Waals surface area contributed by atoms with E-state index in [0.717, 1.165) is 30.0 Å². The number of amides is 1. The fourth-order valence-corrected chi connectivity index (χ4v) is 4.36. The molecule has 0 saturated carbocycles. The van der Waals surface area contributed by atoms with Gasteiger partial charge in [-0.25, -0.2) is 0 Å². The zero-order valence-electron chi connectivity index (χ0n) is 15.6. The molecule has 2 aromatic heterocycles. The van der Waals surface area contributed by atoms with E-state index < -0.39 is 0 Å². The molecule has 0 radical (unpaired) electrons. The number of hydrogen-bond acceptors (Lipinski definition) is 5. The number of halogens is 1. The molecule has 3 N–H and O–H groups in total. The van der Waals surface area contributed by atoms with Crippen molar-refractivity contribution in [2.75, 3.05) is 11.9 Å². The van der Waals surface area contributed by atoms with Crippen molar-refractivity contribution in [3.05, 3.63) is 75.9 Å². The number of anilines is 1. The summed E-state index contributed by atoms with van der Waals surface area (Å²) in [5.41, 5.74) is 5.45. The molecule has 8 heteroatoms. The molecule has 0 bridgehead atoms. The molecule has 5 rings (SSSR count). The predicted octanol–water partition coefficient (Wildman–Crippen LogP) is 3.93. The molecular formula is C21H20ClN5OS. The summed E-state index contributed by atoms with van der Waals surface area (Å²) in [6, 6.07) is 14.1. The van der Waals surface area contributed by atoms with Crippen molar-refractivity contribution in [1.29, 1.82) is 0 Å². The number of aromatic nitrogens is 3. The van der Waals surface area contributed by atoms with Crippen LogP contribution in [0, 0.1) is 0 Å². The molecule has 1 aliphatic rings. The Morgan fingerprint density at radius 2 is 2.03 bits per heavy atom. The molecule has 0 unspecified atom stereocenters. The molecule has 4 aromatic rings. The van der Waals surface area contributed by atoms with E-state index in [2.05, 4.69) is 37.9 Å². The van der Waals surface area contributed by atoms with E-state index >= 15 is 0 Å². The van der Waals surface area contributed by atoms with E-state index in [4.69, 9.17) is 0 Å². The first-order valence-electron chi connectivity index (χ1n) is 9.27. The molecule has 1 aliphatic heterocycles. The molecule has 0 atom stereocenters. The van der Waals surface area contributed by atoms with Crippen LogP contribution in [0.1, 0.15) is 32.1 Å². The third-order valence-electron chi connectivity index (χ3n) is 5.06. The largest absolute Gasteiger partial charge is 0.361 e. The van der Waals surface area contributed by atoms with Gasteiger partial charge < -0.3 is 10.3 Å². The summed E-state index contributed by atoms with van der Waals surface area (Å²) in [6.07, 6.45) is 3.64. The number of carbonyl (C=O) groups excluding carboxylic acids is 1. The fraction of sp³-hybridized carbons (Fsp3) is 0.190. The van der Waals surface area contributed by atoms with Gasteiger partial charge in [-0.1, -0.05) is 35.6 Å². The van der Waals surface area contributed by atoms with E-state index in [1.54, 1.807) is 0 Å². The lowest BCUT2D eigenvalue weighted by Crippen LogP contribution is -2.24. The van der Waals surface area contributed by atoms with Crippen LogP contribution in [0.5, 0.6) is 0 Å². The van der Waals surface area contributed by atoms with Gasteiger partial charge in [0.2, 0.25) is 5.13 Å². The normalized spacial score (nSPS) is 13.0. The van der Waals surface area contributed by atoms with E-state index in [9.17, 15) is 4.79 Å². The quantitative estimate of drug-likeness (QED) is 0.462. The number of H-pyrrole nitrogens is 1. The van der Waals surface area contributed by atoms with E-state index in [1.807, 2.05) is 36.5 Å². The van der Waals surface area contributed by atoms with Gasteiger partial charge in [-0.15, -0.1) is 22.6 Å². The van der Waals surface area contributed by atoms with E-state index in [1.165, 1.54) is 33.4 Å². The summed E-state index contributed by atoms with van der Waals surface area (Å²) in [4.78, 5) is 15.9. The Hall–Kier alpha value is -2.74. The summed E-state index contributed by atoms with van der Waals surface area (Å²) in [6.45, 7) is 1.82. The number of nitrogens with one attached hydrogen (secondary N) is 3. The molecule has 0 fully saturated rings. The first kappa shape index (κ1) is 19.6. The molecule has 6 nitrogen and oxygen atoms in total. The van der Waals surface area contributed by atoms with Gasteiger partial charge in [-0.2, -0.15) is 0 Å². The van der Waals surface area contributed by atoms with Gasteiger partial charge >= 0.3 is 0 Å². The second kappa shape index (κ2) is 8.32. The Kier molecular flexibility index (Phi) is 5.62. The Labute approximate surface area is 178 Å². The number of carbonyl (C=O) groups is 1. The maximum Gasteiger partial charge on any atom is 0.257 e. The second-order valence-electron chi connectivity index (χ2n) is 6.90. The summed E-state index contributed by atoms with van der Waals surface area (Å²) in [5.74, 6) is -0.142. The maximum atomic E-state index is 12.6. The lowest BCUT2D eigenvalue weighted by Gasteiger charge is -2.17. The van der Waals surface area contributed by atoms with Crippen molar-refractivity contribution in [2.45, 2.75) is 19.4 Å². The zero-order chi connectivity index (χ0) is 18.9. The Morgan fingerprint density at radius 3 is 2.97 bits per heavy atom. The van der Waals surface area contributed by atoms with Gasteiger partial charge in [0.25, 0.3) is 5.91 Å². The van der Waals surface area contributed by atoms with Crippen molar-refractivity contribution in [3.63, 3.8) is 0 Å². The Morgan fingerprint density at radius 1 is 1.14 bits per heavy atom. The van der Waals surface area contributed by atoms with Gasteiger partial charge in [-0.3, -0.25) is 10.1 Å². The molecule has 0 spiro atoms. The molecule has 2 aromatic carbocycles. The summed E-state index contributed by atoms with van der Waals surface area (Å²) in [7, 11) is 0. The highest BCUT2D eigenvalue weighted by Crippen LogP contribution is 2.24. The standard InChI is InChI=1S/C21H19N5OS.ClH/c27-20(14-5-6-15-11-22-8-7-13(15)9-14)24-21-26-25-19(28-21)10-16-12-23-18-4-2-1-3-17(16)18;/h1-6,9,12,22-23H,7-8,10-11H2,(H,24,26,27);1H. The number of aromatic amines is 1. The Bertz CT molecular complexity index is 1170. The van der Waals surface area contributed by atoms with Gasteiger partial charge in [0, 0.05) is 35.6 Å². The van der Waals surface area contributed by atoms with Crippen molar-refractivity contribution in [3.8, 4) is 0 Å². The van der Waals surface area contributed by atoms with Crippen LogP contribution in [0.15, 0.2) is 48.7 Å². The molecular weight excluding hydrogens is 406 g/mol. The lowest BCUT2D eigenvalue weighted by atomic mass is 9.98. The summed E-state index contributed by atoms with van der Waals surface area (Å²) >= 11 is 1.41. The Balaban J connectivity index is 0.00000205. The lowest BCUT2D eigenvalue weighted by molar-refractivity contribution is 0.102. The van der Waals surface area contributed by atoms with Crippen LogP contribution in [0.3, 0.4) is 0 Å². The molecule has 0 aliphatic carbocycles. The minimum atomic E-state index is -0.142. The highest BCUT2D eigenvalue weighted by Gasteiger charge is 2.15. The third kappa shape index (κ3) is 4.03. The number of fused-ring (bicyclic) bond motifs is 2. The number of para-hydroxylation sites is 1. The highest BCUT2D eigenvalue weighted by molar-refractivity contribution is 7.15. The average Bonchev–Trinajstić information content (AvgIpc) is 3.35. The zero-order valence-corrected chi connectivity index (χ0v) is 17.2. The summed E-state index contributed by atoms with van der Waals surface area (Å²) < 4.78 is 0. The number of rotatable bonds is 4.